The van der Waals surface area contributed by atoms with Gasteiger partial charge >= 0.3 is 0 Å². The first-order valence-electron chi connectivity index (χ1n) is 5.76. The minimum atomic E-state index is 0.0501. The first-order chi connectivity index (χ1) is 7.30. The fourth-order valence-electron chi connectivity index (χ4n) is 1.24. The molecule has 1 rings (SSSR count). The van der Waals surface area contributed by atoms with Crippen LogP contribution in [-0.2, 0) is 0 Å². The Morgan fingerprint density at radius 2 is 1.81 bits per heavy atom. The molecular weight excluding hydrogens is 198 g/mol. The van der Waals surface area contributed by atoms with Crippen LogP contribution in [0.15, 0.2) is 18.2 Å². The molecule has 1 unspecified atom stereocenters. The molecule has 2 nitrogen and oxygen atoms in total. The van der Waals surface area contributed by atoms with Crippen LogP contribution in [0, 0.1) is 19.3 Å². The highest BCUT2D eigenvalue weighted by atomic mass is 16.5. The Hall–Kier alpha value is -1.02. The molecule has 2 N–H and O–H groups in total. The van der Waals surface area contributed by atoms with E-state index in [1.54, 1.807) is 0 Å². The number of benzene rings is 1. The molecule has 0 aliphatic carbocycles. The third-order valence-corrected chi connectivity index (χ3v) is 3.02. The van der Waals surface area contributed by atoms with Crippen LogP contribution < -0.4 is 10.5 Å². The summed E-state index contributed by atoms with van der Waals surface area (Å²) in [4.78, 5) is 0. The van der Waals surface area contributed by atoms with Crippen molar-refractivity contribution in [2.75, 3.05) is 6.61 Å². The first-order valence-corrected chi connectivity index (χ1v) is 5.76. The Labute approximate surface area is 98.8 Å². The maximum atomic E-state index is 6.04. The molecule has 1 atom stereocenters. The Morgan fingerprint density at radius 3 is 2.31 bits per heavy atom. The van der Waals surface area contributed by atoms with E-state index in [4.69, 9.17) is 10.5 Å². The molecule has 16 heavy (non-hydrogen) atoms. The van der Waals surface area contributed by atoms with Gasteiger partial charge in [0.05, 0.1) is 0 Å². The third-order valence-electron chi connectivity index (χ3n) is 3.02. The summed E-state index contributed by atoms with van der Waals surface area (Å²) in [7, 11) is 0. The van der Waals surface area contributed by atoms with Gasteiger partial charge in [0.2, 0.25) is 0 Å². The fourth-order valence-corrected chi connectivity index (χ4v) is 1.24. The van der Waals surface area contributed by atoms with Gasteiger partial charge in [-0.15, -0.1) is 0 Å². The molecule has 1 aromatic carbocycles. The highest BCUT2D eigenvalue weighted by Gasteiger charge is 2.20. The van der Waals surface area contributed by atoms with Gasteiger partial charge in [-0.2, -0.15) is 0 Å². The number of rotatable bonds is 3. The summed E-state index contributed by atoms with van der Waals surface area (Å²) in [6.07, 6.45) is 0. The van der Waals surface area contributed by atoms with Gasteiger partial charge in [-0.1, -0.05) is 26.8 Å². The summed E-state index contributed by atoms with van der Waals surface area (Å²) in [5, 5.41) is 0. The molecule has 0 saturated carbocycles. The van der Waals surface area contributed by atoms with Crippen molar-refractivity contribution in [3.8, 4) is 5.75 Å². The predicted octanol–water partition coefficient (Wildman–Crippen LogP) is 3.06. The van der Waals surface area contributed by atoms with Crippen LogP contribution in [0.5, 0.6) is 5.75 Å². The SMILES string of the molecule is Cc1ccc(OCC(N)C(C)(C)C)cc1C. The largest absolute Gasteiger partial charge is 0.492 e. The molecule has 0 fully saturated rings. The number of aryl methyl sites for hydroxylation is 2. The lowest BCUT2D eigenvalue weighted by molar-refractivity contribution is 0.205. The van der Waals surface area contributed by atoms with E-state index in [-0.39, 0.29) is 11.5 Å². The molecule has 0 bridgehead atoms. The van der Waals surface area contributed by atoms with Crippen molar-refractivity contribution in [3.05, 3.63) is 29.3 Å². The smallest absolute Gasteiger partial charge is 0.119 e. The molecule has 0 aliphatic heterocycles. The van der Waals surface area contributed by atoms with Crippen molar-refractivity contribution in [2.24, 2.45) is 11.1 Å². The Morgan fingerprint density at radius 1 is 1.19 bits per heavy atom. The minimum absolute atomic E-state index is 0.0501. The normalized spacial score (nSPS) is 13.6. The van der Waals surface area contributed by atoms with Crippen molar-refractivity contribution in [2.45, 2.75) is 40.7 Å². The molecular formula is C14H23NO. The number of hydrogen-bond donors (Lipinski definition) is 1. The van der Waals surface area contributed by atoms with Gasteiger partial charge in [0.25, 0.3) is 0 Å². The van der Waals surface area contributed by atoms with E-state index in [2.05, 4.69) is 46.8 Å². The van der Waals surface area contributed by atoms with Crippen LogP contribution in [0.25, 0.3) is 0 Å². The minimum Gasteiger partial charge on any atom is -0.492 e. The van der Waals surface area contributed by atoms with Crippen LogP contribution in [0.1, 0.15) is 31.9 Å². The lowest BCUT2D eigenvalue weighted by atomic mass is 9.88. The van der Waals surface area contributed by atoms with Crippen LogP contribution in [0.3, 0.4) is 0 Å². The maximum absolute atomic E-state index is 6.04. The van der Waals surface area contributed by atoms with Crippen molar-refractivity contribution >= 4 is 0 Å². The lowest BCUT2D eigenvalue weighted by Gasteiger charge is -2.26. The molecule has 0 aliphatic rings. The molecule has 0 heterocycles. The summed E-state index contributed by atoms with van der Waals surface area (Å²) in [6, 6.07) is 6.18. The summed E-state index contributed by atoms with van der Waals surface area (Å²) in [6.45, 7) is 11.1. The van der Waals surface area contributed by atoms with Gasteiger partial charge in [0.1, 0.15) is 12.4 Å². The summed E-state index contributed by atoms with van der Waals surface area (Å²) < 4.78 is 5.71. The zero-order valence-corrected chi connectivity index (χ0v) is 11.0. The van der Waals surface area contributed by atoms with Gasteiger partial charge in [-0.25, -0.2) is 0 Å². The van der Waals surface area contributed by atoms with Gasteiger partial charge in [-0.3, -0.25) is 0 Å². The van der Waals surface area contributed by atoms with Gasteiger partial charge in [-0.05, 0) is 42.5 Å². The molecule has 2 heteroatoms. The molecule has 0 spiro atoms. The lowest BCUT2D eigenvalue weighted by Crippen LogP contribution is -2.40. The van der Waals surface area contributed by atoms with Crippen molar-refractivity contribution in [3.63, 3.8) is 0 Å². The van der Waals surface area contributed by atoms with Crippen LogP contribution >= 0.6 is 0 Å². The van der Waals surface area contributed by atoms with Crippen molar-refractivity contribution in [1.29, 1.82) is 0 Å². The van der Waals surface area contributed by atoms with E-state index in [9.17, 15) is 0 Å². The second kappa shape index (κ2) is 4.88. The molecule has 0 radical (unpaired) electrons. The van der Waals surface area contributed by atoms with E-state index in [1.807, 2.05) is 6.07 Å². The average Bonchev–Trinajstić information content (AvgIpc) is 2.18. The molecule has 1 aromatic rings. The van der Waals surface area contributed by atoms with E-state index < -0.39 is 0 Å². The number of hydrogen-bond acceptors (Lipinski definition) is 2. The van der Waals surface area contributed by atoms with Crippen LogP contribution in [-0.4, -0.2) is 12.6 Å². The zero-order valence-electron chi connectivity index (χ0n) is 11.0. The van der Waals surface area contributed by atoms with E-state index in [0.717, 1.165) is 5.75 Å². The summed E-state index contributed by atoms with van der Waals surface area (Å²) in [5.41, 5.74) is 8.66. The summed E-state index contributed by atoms with van der Waals surface area (Å²) in [5.74, 6) is 0.905. The van der Waals surface area contributed by atoms with Gasteiger partial charge < -0.3 is 10.5 Å². The second-order valence-corrected chi connectivity index (χ2v) is 5.53. The molecule has 0 aromatic heterocycles. The molecule has 0 amide bonds. The molecule has 0 saturated heterocycles. The fraction of sp³-hybridized carbons (Fsp3) is 0.571. The predicted molar refractivity (Wildman–Crippen MR) is 68.8 cm³/mol. The Bertz CT molecular complexity index is 352. The second-order valence-electron chi connectivity index (χ2n) is 5.53. The highest BCUT2D eigenvalue weighted by Crippen LogP contribution is 2.20. The van der Waals surface area contributed by atoms with Gasteiger partial charge in [0.15, 0.2) is 0 Å². The Balaban J connectivity index is 2.58. The monoisotopic (exact) mass is 221 g/mol. The average molecular weight is 221 g/mol. The van der Waals surface area contributed by atoms with Crippen molar-refractivity contribution in [1.82, 2.24) is 0 Å². The zero-order chi connectivity index (χ0) is 12.3. The Kier molecular flexibility index (Phi) is 3.98. The van der Waals surface area contributed by atoms with Gasteiger partial charge in [0, 0.05) is 6.04 Å². The first kappa shape index (κ1) is 13.0. The van der Waals surface area contributed by atoms with Crippen LogP contribution in [0.2, 0.25) is 0 Å². The molecule has 90 valence electrons. The van der Waals surface area contributed by atoms with Crippen molar-refractivity contribution < 1.29 is 4.74 Å². The number of ether oxygens (including phenoxy) is 1. The summed E-state index contributed by atoms with van der Waals surface area (Å²) >= 11 is 0. The highest BCUT2D eigenvalue weighted by molar-refractivity contribution is 5.33. The van der Waals surface area contributed by atoms with Crippen LogP contribution in [0.4, 0.5) is 0 Å². The quantitative estimate of drug-likeness (QED) is 0.851. The standard InChI is InChI=1S/C14H23NO/c1-10-6-7-12(8-11(10)2)16-9-13(15)14(3,4)5/h6-8,13H,9,15H2,1-5H3. The van der Waals surface area contributed by atoms with E-state index >= 15 is 0 Å². The third kappa shape index (κ3) is 3.53. The number of nitrogens with two attached hydrogens (primary N) is 1. The topological polar surface area (TPSA) is 35.2 Å². The van der Waals surface area contributed by atoms with E-state index in [0.29, 0.717) is 6.61 Å². The maximum Gasteiger partial charge on any atom is 0.119 e. The van der Waals surface area contributed by atoms with E-state index in [1.165, 1.54) is 11.1 Å².